The zero-order chi connectivity index (χ0) is 26.5. The van der Waals surface area contributed by atoms with Crippen molar-refractivity contribution in [1.82, 2.24) is 0 Å². The summed E-state index contributed by atoms with van der Waals surface area (Å²) < 4.78 is 0. The van der Waals surface area contributed by atoms with Crippen molar-refractivity contribution in [2.45, 2.75) is 97.8 Å². The van der Waals surface area contributed by atoms with Gasteiger partial charge in [-0.25, -0.2) is 0 Å². The van der Waals surface area contributed by atoms with E-state index in [1.807, 2.05) is 0 Å². The minimum absolute atomic E-state index is 1.09. The Kier molecular flexibility index (Phi) is 6.46. The van der Waals surface area contributed by atoms with Gasteiger partial charge in [0, 0.05) is 0 Å². The predicted octanol–water partition coefficient (Wildman–Crippen LogP) is 10.4. The van der Waals surface area contributed by atoms with Gasteiger partial charge in [0.15, 0.2) is 0 Å². The number of hydrogen-bond acceptors (Lipinski definition) is 0. The fourth-order valence-corrected chi connectivity index (χ4v) is 7.72. The average molecular weight is 511 g/mol. The van der Waals surface area contributed by atoms with Crippen LogP contribution in [0.25, 0.3) is 33.4 Å². The van der Waals surface area contributed by atoms with Gasteiger partial charge in [0.2, 0.25) is 0 Å². The molecule has 0 saturated heterocycles. The lowest BCUT2D eigenvalue weighted by Crippen LogP contribution is -1.97. The maximum absolute atomic E-state index is 2.54. The summed E-state index contributed by atoms with van der Waals surface area (Å²) in [6, 6.07) is 22.3. The van der Waals surface area contributed by atoms with Gasteiger partial charge in [-0.15, -0.1) is 0 Å². The summed E-state index contributed by atoms with van der Waals surface area (Å²) in [5, 5.41) is 0. The van der Waals surface area contributed by atoms with E-state index in [0.717, 1.165) is 19.3 Å². The standard InChI is InChI=1S/C39H42/c1-4-7-10-25-13-16-31-28(19-25)22-34-37(31)35-23-29-20-27(12-9-6-3)15-18-33(29)39(35)36-24-30-21-26(11-8-5-2)14-17-32(30)38(34)36/h13-21H,4-12,22-24H2,1-3H3. The van der Waals surface area contributed by atoms with Gasteiger partial charge in [0.05, 0.1) is 0 Å². The van der Waals surface area contributed by atoms with Gasteiger partial charge in [-0.05, 0) is 141 Å². The zero-order valence-electron chi connectivity index (χ0n) is 24.2. The Morgan fingerprint density at radius 3 is 1.03 bits per heavy atom. The third-order valence-corrected chi connectivity index (χ3v) is 9.69. The Balaban J connectivity index is 1.40. The van der Waals surface area contributed by atoms with Gasteiger partial charge in [-0.1, -0.05) is 94.6 Å². The number of hydrogen-bond donors (Lipinski definition) is 0. The number of aryl methyl sites for hydroxylation is 3. The highest BCUT2D eigenvalue weighted by molar-refractivity contribution is 6.00. The van der Waals surface area contributed by atoms with E-state index in [4.69, 9.17) is 0 Å². The molecular weight excluding hydrogens is 468 g/mol. The second-order valence-corrected chi connectivity index (χ2v) is 12.4. The van der Waals surface area contributed by atoms with Gasteiger partial charge in [-0.2, -0.15) is 0 Å². The quantitative estimate of drug-likeness (QED) is 0.181. The molecule has 0 saturated carbocycles. The van der Waals surface area contributed by atoms with Gasteiger partial charge in [-0.3, -0.25) is 0 Å². The van der Waals surface area contributed by atoms with E-state index < -0.39 is 0 Å². The number of rotatable bonds is 9. The Bertz CT molecular complexity index is 1370. The van der Waals surface area contributed by atoms with E-state index in [9.17, 15) is 0 Å². The zero-order valence-corrected chi connectivity index (χ0v) is 24.2. The second kappa shape index (κ2) is 10.1. The smallest absolute Gasteiger partial charge is 0.000696 e. The molecule has 0 bridgehead atoms. The lowest BCUT2D eigenvalue weighted by Gasteiger charge is -2.17. The molecular formula is C39H42. The fraction of sp³-hybridized carbons (Fsp3) is 0.385. The minimum atomic E-state index is 1.09. The first-order valence-corrected chi connectivity index (χ1v) is 15.8. The van der Waals surface area contributed by atoms with Gasteiger partial charge >= 0.3 is 0 Å². The lowest BCUT2D eigenvalue weighted by molar-refractivity contribution is 0.794. The Labute approximate surface area is 235 Å². The number of fused-ring (bicyclic) bond motifs is 12. The molecule has 0 amide bonds. The van der Waals surface area contributed by atoms with Crippen molar-refractivity contribution in [2.75, 3.05) is 0 Å². The monoisotopic (exact) mass is 510 g/mol. The summed E-state index contributed by atoms with van der Waals surface area (Å²) in [4.78, 5) is 0. The van der Waals surface area contributed by atoms with Crippen LogP contribution in [0.4, 0.5) is 0 Å². The molecule has 0 N–H and O–H groups in total. The molecule has 0 atom stereocenters. The first kappa shape index (κ1) is 24.9. The van der Waals surface area contributed by atoms with E-state index in [2.05, 4.69) is 75.4 Å². The van der Waals surface area contributed by atoms with Crippen molar-refractivity contribution >= 4 is 0 Å². The van der Waals surface area contributed by atoms with Crippen LogP contribution in [0.5, 0.6) is 0 Å². The van der Waals surface area contributed by atoms with E-state index in [1.165, 1.54) is 91.2 Å². The molecule has 39 heavy (non-hydrogen) atoms. The highest BCUT2D eigenvalue weighted by Gasteiger charge is 2.37. The Hall–Kier alpha value is -3.12. The number of benzene rings is 4. The molecule has 0 fully saturated rings. The van der Waals surface area contributed by atoms with Gasteiger partial charge in [0.1, 0.15) is 0 Å². The summed E-state index contributed by atoms with van der Waals surface area (Å²) in [6.45, 7) is 6.89. The molecule has 198 valence electrons. The summed E-state index contributed by atoms with van der Waals surface area (Å²) >= 11 is 0. The third-order valence-electron chi connectivity index (χ3n) is 9.69. The molecule has 3 aliphatic rings. The van der Waals surface area contributed by atoms with Crippen molar-refractivity contribution < 1.29 is 0 Å². The Morgan fingerprint density at radius 2 is 0.744 bits per heavy atom. The first-order chi connectivity index (χ1) is 19.2. The maximum Gasteiger partial charge on any atom is -0.000696 e. The molecule has 0 aromatic heterocycles. The fourth-order valence-electron chi connectivity index (χ4n) is 7.72. The highest BCUT2D eigenvalue weighted by atomic mass is 14.4. The van der Waals surface area contributed by atoms with Crippen LogP contribution in [0.15, 0.2) is 54.6 Å². The summed E-state index contributed by atoms with van der Waals surface area (Å²) in [5.74, 6) is 0. The average Bonchev–Trinajstić information content (AvgIpc) is 3.63. The highest BCUT2D eigenvalue weighted by Crippen LogP contribution is 2.56. The third kappa shape index (κ3) is 4.10. The molecule has 0 aliphatic heterocycles. The van der Waals surface area contributed by atoms with Crippen LogP contribution in [-0.2, 0) is 38.5 Å². The molecule has 0 nitrogen and oxygen atoms in total. The largest absolute Gasteiger partial charge is 0.0654 e. The first-order valence-electron chi connectivity index (χ1n) is 15.8. The summed E-state index contributed by atoms with van der Waals surface area (Å²) in [7, 11) is 0. The van der Waals surface area contributed by atoms with Crippen LogP contribution >= 0.6 is 0 Å². The molecule has 4 aromatic carbocycles. The minimum Gasteiger partial charge on any atom is -0.0654 e. The molecule has 0 unspecified atom stereocenters. The molecule has 0 radical (unpaired) electrons. The van der Waals surface area contributed by atoms with Crippen molar-refractivity contribution in [3.63, 3.8) is 0 Å². The maximum atomic E-state index is 2.54. The van der Waals surface area contributed by atoms with Gasteiger partial charge in [0.25, 0.3) is 0 Å². The van der Waals surface area contributed by atoms with E-state index >= 15 is 0 Å². The van der Waals surface area contributed by atoms with Crippen molar-refractivity contribution in [1.29, 1.82) is 0 Å². The van der Waals surface area contributed by atoms with Crippen molar-refractivity contribution in [2.24, 2.45) is 0 Å². The summed E-state index contributed by atoms with van der Waals surface area (Å²) in [5.41, 5.74) is 23.3. The summed E-state index contributed by atoms with van der Waals surface area (Å²) in [6.07, 6.45) is 14.5. The predicted molar refractivity (Wildman–Crippen MR) is 167 cm³/mol. The van der Waals surface area contributed by atoms with E-state index in [0.29, 0.717) is 0 Å². The van der Waals surface area contributed by atoms with Crippen LogP contribution in [0.2, 0.25) is 0 Å². The van der Waals surface area contributed by atoms with Crippen LogP contribution in [0.1, 0.15) is 109 Å². The van der Waals surface area contributed by atoms with Gasteiger partial charge < -0.3 is 0 Å². The topological polar surface area (TPSA) is 0 Å². The van der Waals surface area contributed by atoms with Crippen LogP contribution in [0, 0.1) is 0 Å². The van der Waals surface area contributed by atoms with E-state index in [-0.39, 0.29) is 0 Å². The van der Waals surface area contributed by atoms with Crippen molar-refractivity contribution in [3.8, 4) is 33.4 Å². The van der Waals surface area contributed by atoms with Crippen LogP contribution in [0.3, 0.4) is 0 Å². The SMILES string of the molecule is CCCCc1ccc2c(c1)Cc1c-2c2c(c3c1-c1ccc(CCCC)cc1C3)-c1ccc(CCCC)cc1C2. The molecule has 0 heteroatoms. The second-order valence-electron chi connectivity index (χ2n) is 12.4. The Morgan fingerprint density at radius 1 is 0.436 bits per heavy atom. The van der Waals surface area contributed by atoms with Crippen LogP contribution in [-0.4, -0.2) is 0 Å². The van der Waals surface area contributed by atoms with Crippen LogP contribution < -0.4 is 0 Å². The van der Waals surface area contributed by atoms with E-state index in [1.54, 1.807) is 50.1 Å². The molecule has 4 aromatic rings. The molecule has 0 spiro atoms. The molecule has 7 rings (SSSR count). The number of unbranched alkanes of at least 4 members (excludes halogenated alkanes) is 3. The normalized spacial score (nSPS) is 13.6. The molecule has 3 aliphatic carbocycles. The molecule has 0 heterocycles. The van der Waals surface area contributed by atoms with Crippen molar-refractivity contribution in [3.05, 3.63) is 105 Å². The lowest BCUT2D eigenvalue weighted by atomic mass is 9.86.